The predicted octanol–water partition coefficient (Wildman–Crippen LogP) is 5.23. The number of hydrogen-bond donors (Lipinski definition) is 0. The van der Waals surface area contributed by atoms with Gasteiger partial charge in [0.1, 0.15) is 0 Å². The highest BCUT2D eigenvalue weighted by atomic mass is 127. The number of benzene rings is 2. The summed E-state index contributed by atoms with van der Waals surface area (Å²) in [5.41, 5.74) is 5.16. The van der Waals surface area contributed by atoms with Crippen molar-refractivity contribution in [3.8, 4) is 11.1 Å². The average molecular weight is 343 g/mol. The Hall–Kier alpha value is -0.540. The maximum atomic E-state index is 6.04. The summed E-state index contributed by atoms with van der Waals surface area (Å²) in [6.07, 6.45) is 0. The van der Waals surface area contributed by atoms with Gasteiger partial charge in [-0.15, -0.1) is 0 Å². The van der Waals surface area contributed by atoms with Gasteiger partial charge in [-0.3, -0.25) is 0 Å². The van der Waals surface area contributed by atoms with Crippen LogP contribution in [0.5, 0.6) is 0 Å². The van der Waals surface area contributed by atoms with Crippen LogP contribution in [0.1, 0.15) is 11.1 Å². The molecule has 0 atom stereocenters. The van der Waals surface area contributed by atoms with E-state index in [-0.39, 0.29) is 0 Å². The second kappa shape index (κ2) is 4.76. The molecular weight excluding hydrogens is 331 g/mol. The normalized spacial score (nSPS) is 10.5. The van der Waals surface area contributed by atoms with Crippen molar-refractivity contribution in [1.82, 2.24) is 0 Å². The van der Waals surface area contributed by atoms with Gasteiger partial charge >= 0.3 is 0 Å². The zero-order chi connectivity index (χ0) is 11.7. The predicted molar refractivity (Wildman–Crippen MR) is 79.1 cm³/mol. The van der Waals surface area contributed by atoms with E-state index in [0.29, 0.717) is 0 Å². The van der Waals surface area contributed by atoms with Crippen molar-refractivity contribution in [3.63, 3.8) is 0 Å². The highest BCUT2D eigenvalue weighted by Gasteiger charge is 2.06. The Labute approximate surface area is 115 Å². The van der Waals surface area contributed by atoms with Crippen molar-refractivity contribution in [2.45, 2.75) is 13.8 Å². The monoisotopic (exact) mass is 342 g/mol. The number of rotatable bonds is 1. The molecule has 0 unspecified atom stereocenters. The summed E-state index contributed by atoms with van der Waals surface area (Å²) in [5.74, 6) is 0. The quantitative estimate of drug-likeness (QED) is 0.623. The zero-order valence-corrected chi connectivity index (χ0v) is 12.1. The van der Waals surface area contributed by atoms with Crippen LogP contribution < -0.4 is 0 Å². The third kappa shape index (κ3) is 2.25. The van der Waals surface area contributed by atoms with Crippen LogP contribution in [0.25, 0.3) is 11.1 Å². The van der Waals surface area contributed by atoms with Gasteiger partial charge < -0.3 is 0 Å². The summed E-state index contributed by atoms with van der Waals surface area (Å²) < 4.78 is 1.10. The molecule has 2 aromatic rings. The molecule has 0 N–H and O–H groups in total. The van der Waals surface area contributed by atoms with E-state index < -0.39 is 0 Å². The minimum atomic E-state index is 0.815. The molecule has 0 saturated heterocycles. The smallest absolute Gasteiger partial charge is 0.0539 e. The van der Waals surface area contributed by atoms with E-state index in [1.807, 2.05) is 6.07 Å². The van der Waals surface area contributed by atoms with Crippen LogP contribution in [0.2, 0.25) is 5.02 Å². The fraction of sp³-hybridized carbons (Fsp3) is 0.143. The van der Waals surface area contributed by atoms with Gasteiger partial charge in [0.15, 0.2) is 0 Å². The molecule has 0 heterocycles. The first-order valence-corrected chi connectivity index (χ1v) is 6.57. The number of aryl methyl sites for hydroxylation is 2. The first-order chi connectivity index (χ1) is 7.59. The third-order valence-corrected chi connectivity index (χ3v) is 4.23. The second-order valence-corrected chi connectivity index (χ2v) is 5.47. The molecule has 2 heteroatoms. The van der Waals surface area contributed by atoms with Crippen LogP contribution in [-0.2, 0) is 0 Å². The molecule has 2 rings (SSSR count). The molecule has 0 aliphatic heterocycles. The molecule has 0 aromatic heterocycles. The Morgan fingerprint density at radius 1 is 1.00 bits per heavy atom. The Morgan fingerprint density at radius 2 is 1.62 bits per heavy atom. The van der Waals surface area contributed by atoms with Crippen LogP contribution in [0.15, 0.2) is 36.4 Å². The number of hydrogen-bond acceptors (Lipinski definition) is 0. The van der Waals surface area contributed by atoms with Crippen molar-refractivity contribution < 1.29 is 0 Å². The fourth-order valence-corrected chi connectivity index (χ4v) is 2.55. The number of halogens is 2. The molecule has 0 nitrogen and oxygen atoms in total. The minimum Gasteiger partial charge on any atom is -0.0832 e. The van der Waals surface area contributed by atoms with Crippen molar-refractivity contribution in [2.24, 2.45) is 0 Å². The molecule has 0 aliphatic rings. The van der Waals surface area contributed by atoms with Crippen LogP contribution >= 0.6 is 34.2 Å². The molecular formula is C14H12ClI. The molecule has 82 valence electrons. The van der Waals surface area contributed by atoms with E-state index in [2.05, 4.69) is 66.8 Å². The maximum absolute atomic E-state index is 6.04. The summed E-state index contributed by atoms with van der Waals surface area (Å²) in [6, 6.07) is 12.6. The molecule has 0 bridgehead atoms. The van der Waals surface area contributed by atoms with E-state index >= 15 is 0 Å². The molecule has 16 heavy (non-hydrogen) atoms. The lowest BCUT2D eigenvalue weighted by Crippen LogP contribution is -1.88. The lowest BCUT2D eigenvalue weighted by Gasteiger charge is -2.10. The van der Waals surface area contributed by atoms with Gasteiger partial charge in [0.05, 0.1) is 5.02 Å². The average Bonchev–Trinajstić information content (AvgIpc) is 2.23. The van der Waals surface area contributed by atoms with Crippen LogP contribution in [0.4, 0.5) is 0 Å². The molecule has 0 spiro atoms. The van der Waals surface area contributed by atoms with E-state index in [4.69, 9.17) is 11.6 Å². The molecule has 2 aromatic carbocycles. The summed E-state index contributed by atoms with van der Waals surface area (Å²) in [4.78, 5) is 0. The fourth-order valence-electron chi connectivity index (χ4n) is 1.92. The van der Waals surface area contributed by atoms with Crippen molar-refractivity contribution in [2.75, 3.05) is 0 Å². The van der Waals surface area contributed by atoms with Gasteiger partial charge in [-0.1, -0.05) is 35.9 Å². The first kappa shape index (κ1) is 11.9. The molecule has 0 fully saturated rings. The summed E-state index contributed by atoms with van der Waals surface area (Å²) in [7, 11) is 0. The van der Waals surface area contributed by atoms with Crippen LogP contribution in [0, 0.1) is 17.4 Å². The maximum Gasteiger partial charge on any atom is 0.0539 e. The Bertz CT molecular complexity index is 512. The van der Waals surface area contributed by atoms with E-state index in [1.54, 1.807) is 0 Å². The lowest BCUT2D eigenvalue weighted by molar-refractivity contribution is 1.38. The third-order valence-electron chi connectivity index (χ3n) is 2.69. The van der Waals surface area contributed by atoms with Gasteiger partial charge in [-0.2, -0.15) is 0 Å². The van der Waals surface area contributed by atoms with Crippen molar-refractivity contribution in [1.29, 1.82) is 0 Å². The molecule has 0 aliphatic carbocycles. The van der Waals surface area contributed by atoms with Crippen molar-refractivity contribution in [3.05, 3.63) is 56.1 Å². The Kier molecular flexibility index (Phi) is 3.55. The van der Waals surface area contributed by atoms with E-state index in [1.165, 1.54) is 22.3 Å². The van der Waals surface area contributed by atoms with Crippen LogP contribution in [-0.4, -0.2) is 0 Å². The Morgan fingerprint density at radius 3 is 2.19 bits per heavy atom. The summed E-state index contributed by atoms with van der Waals surface area (Å²) in [5, 5.41) is 0.815. The van der Waals surface area contributed by atoms with Gasteiger partial charge in [0, 0.05) is 3.57 Å². The second-order valence-electron chi connectivity index (χ2n) is 3.90. The molecule has 0 amide bonds. The standard InChI is InChI=1S/C14H12ClI/c1-9-4-3-5-10(2)14(9)11-6-7-12(15)13(16)8-11/h3-8H,1-2H3. The Balaban J connectivity index is 2.63. The molecule has 0 saturated carbocycles. The lowest BCUT2D eigenvalue weighted by atomic mass is 9.96. The van der Waals surface area contributed by atoms with Gasteiger partial charge in [0.2, 0.25) is 0 Å². The zero-order valence-electron chi connectivity index (χ0n) is 9.22. The highest BCUT2D eigenvalue weighted by molar-refractivity contribution is 14.1. The highest BCUT2D eigenvalue weighted by Crippen LogP contribution is 2.30. The largest absolute Gasteiger partial charge is 0.0832 e. The topological polar surface area (TPSA) is 0 Å². The first-order valence-electron chi connectivity index (χ1n) is 5.11. The van der Waals surface area contributed by atoms with Crippen molar-refractivity contribution >= 4 is 34.2 Å². The SMILES string of the molecule is Cc1cccc(C)c1-c1ccc(Cl)c(I)c1. The summed E-state index contributed by atoms with van der Waals surface area (Å²) in [6.45, 7) is 4.29. The minimum absolute atomic E-state index is 0.815. The van der Waals surface area contributed by atoms with Gasteiger partial charge in [-0.05, 0) is 70.8 Å². The molecule has 0 radical (unpaired) electrons. The van der Waals surface area contributed by atoms with Gasteiger partial charge in [0.25, 0.3) is 0 Å². The van der Waals surface area contributed by atoms with Gasteiger partial charge in [-0.25, -0.2) is 0 Å². The summed E-state index contributed by atoms with van der Waals surface area (Å²) >= 11 is 8.31. The van der Waals surface area contributed by atoms with E-state index in [0.717, 1.165) is 8.59 Å². The van der Waals surface area contributed by atoms with Crippen LogP contribution in [0.3, 0.4) is 0 Å². The van der Waals surface area contributed by atoms with E-state index in [9.17, 15) is 0 Å².